The molecule has 0 atom stereocenters. The van der Waals surface area contributed by atoms with Crippen LogP contribution in [0.25, 0.3) is 0 Å². The van der Waals surface area contributed by atoms with Gasteiger partial charge in [0.1, 0.15) is 23.1 Å². The molecule has 9 nitrogen and oxygen atoms in total. The molecule has 2 aliphatic heterocycles. The molecule has 3 heterocycles. The molecule has 1 saturated heterocycles. The normalized spacial score (nSPS) is 16.4. The molecular weight excluding hydrogens is 480 g/mol. The Kier molecular flexibility index (Phi) is 7.08. The number of sulfonamides is 1. The summed E-state index contributed by atoms with van der Waals surface area (Å²) in [5.41, 5.74) is 2.77. The van der Waals surface area contributed by atoms with E-state index in [9.17, 15) is 8.42 Å². The van der Waals surface area contributed by atoms with E-state index in [0.717, 1.165) is 28.4 Å². The van der Waals surface area contributed by atoms with E-state index in [1.54, 1.807) is 38.5 Å². The maximum Gasteiger partial charge on any atom is 0.243 e. The summed E-state index contributed by atoms with van der Waals surface area (Å²) in [6.07, 6.45) is 1.05. The van der Waals surface area contributed by atoms with Gasteiger partial charge in [0.2, 0.25) is 10.0 Å². The zero-order valence-corrected chi connectivity index (χ0v) is 21.3. The second-order valence-electron chi connectivity index (χ2n) is 8.74. The molecule has 0 spiro atoms. The van der Waals surface area contributed by atoms with E-state index in [-0.39, 0.29) is 11.4 Å². The van der Waals surface area contributed by atoms with Crippen molar-refractivity contribution >= 4 is 15.8 Å². The summed E-state index contributed by atoms with van der Waals surface area (Å²) in [6, 6.07) is 14.3. The highest BCUT2D eigenvalue weighted by molar-refractivity contribution is 7.89. The highest BCUT2D eigenvalue weighted by atomic mass is 32.2. The topological polar surface area (TPSA) is 94.1 Å². The van der Waals surface area contributed by atoms with Crippen LogP contribution in [0.2, 0.25) is 0 Å². The van der Waals surface area contributed by atoms with Crippen molar-refractivity contribution in [2.24, 2.45) is 0 Å². The van der Waals surface area contributed by atoms with Crippen molar-refractivity contribution in [2.75, 3.05) is 52.0 Å². The van der Waals surface area contributed by atoms with Crippen LogP contribution in [0.5, 0.6) is 11.5 Å². The lowest BCUT2D eigenvalue weighted by atomic mass is 10.1. The maximum absolute atomic E-state index is 13.5. The first-order valence-corrected chi connectivity index (χ1v) is 13.4. The molecule has 0 N–H and O–H groups in total. The van der Waals surface area contributed by atoms with Crippen LogP contribution in [0.4, 0.5) is 5.82 Å². The van der Waals surface area contributed by atoms with Gasteiger partial charge in [-0.15, -0.1) is 0 Å². The molecule has 2 aliphatic rings. The van der Waals surface area contributed by atoms with Crippen molar-refractivity contribution in [1.82, 2.24) is 14.3 Å². The summed E-state index contributed by atoms with van der Waals surface area (Å²) in [4.78, 5) is 12.3. The molecule has 5 rings (SSSR count). The molecule has 0 amide bonds. The summed E-state index contributed by atoms with van der Waals surface area (Å²) < 4.78 is 44.7. The summed E-state index contributed by atoms with van der Waals surface area (Å²) in [5.74, 6) is 2.90. The standard InChI is InChI=1S/C26H30N4O5S/c1-33-20-7-9-21(10-8-20)36(31,32)30-12-11-23-22(18-30)26(29-13-15-35-16-14-29)28-25(27-23)17-19-5-3-4-6-24(19)34-2/h3-10H,11-18H2,1-2H3. The fourth-order valence-electron chi connectivity index (χ4n) is 4.66. The number of benzene rings is 2. The Hall–Kier alpha value is -3.21. The largest absolute Gasteiger partial charge is 0.497 e. The molecule has 36 heavy (non-hydrogen) atoms. The van der Waals surface area contributed by atoms with E-state index in [4.69, 9.17) is 24.2 Å². The smallest absolute Gasteiger partial charge is 0.243 e. The van der Waals surface area contributed by atoms with Crippen LogP contribution in [0.3, 0.4) is 0 Å². The number of ether oxygens (including phenoxy) is 3. The minimum absolute atomic E-state index is 0.228. The number of rotatable bonds is 7. The second-order valence-corrected chi connectivity index (χ2v) is 10.7. The molecule has 190 valence electrons. The van der Waals surface area contributed by atoms with Gasteiger partial charge < -0.3 is 19.1 Å². The molecular formula is C26H30N4O5S. The lowest BCUT2D eigenvalue weighted by molar-refractivity contribution is 0.122. The summed E-state index contributed by atoms with van der Waals surface area (Å²) in [5, 5.41) is 0. The van der Waals surface area contributed by atoms with Gasteiger partial charge in [-0.1, -0.05) is 18.2 Å². The van der Waals surface area contributed by atoms with Crippen molar-refractivity contribution in [3.8, 4) is 11.5 Å². The van der Waals surface area contributed by atoms with Crippen molar-refractivity contribution in [1.29, 1.82) is 0 Å². The van der Waals surface area contributed by atoms with Gasteiger partial charge >= 0.3 is 0 Å². The second kappa shape index (κ2) is 10.4. The van der Waals surface area contributed by atoms with Gasteiger partial charge in [-0.2, -0.15) is 4.31 Å². The SMILES string of the molecule is COc1ccc(S(=O)(=O)N2CCc3nc(Cc4ccccc4OC)nc(N4CCOCC4)c3C2)cc1. The molecule has 0 saturated carbocycles. The Bertz CT molecular complexity index is 1320. The van der Waals surface area contributed by atoms with Crippen molar-refractivity contribution in [3.63, 3.8) is 0 Å². The number of methoxy groups -OCH3 is 2. The molecule has 2 aromatic carbocycles. The third-order valence-corrected chi connectivity index (χ3v) is 8.46. The van der Waals surface area contributed by atoms with Gasteiger partial charge in [0.05, 0.1) is 38.0 Å². The van der Waals surface area contributed by atoms with E-state index in [0.29, 0.717) is 57.3 Å². The number of hydrogen-bond donors (Lipinski definition) is 0. The van der Waals surface area contributed by atoms with Crippen LogP contribution >= 0.6 is 0 Å². The Morgan fingerprint density at radius 1 is 0.944 bits per heavy atom. The molecule has 1 aromatic heterocycles. The van der Waals surface area contributed by atoms with Gasteiger partial charge in [0, 0.05) is 50.1 Å². The van der Waals surface area contributed by atoms with Gasteiger partial charge in [0.15, 0.2) is 0 Å². The maximum atomic E-state index is 13.5. The van der Waals surface area contributed by atoms with E-state index in [1.807, 2.05) is 24.3 Å². The minimum Gasteiger partial charge on any atom is -0.497 e. The van der Waals surface area contributed by atoms with E-state index in [2.05, 4.69) is 4.90 Å². The number of hydrogen-bond acceptors (Lipinski definition) is 8. The average molecular weight is 511 g/mol. The molecule has 3 aromatic rings. The zero-order chi connectivity index (χ0) is 25.1. The van der Waals surface area contributed by atoms with Gasteiger partial charge in [-0.3, -0.25) is 0 Å². The molecule has 10 heteroatoms. The van der Waals surface area contributed by atoms with Crippen molar-refractivity contribution in [2.45, 2.75) is 24.3 Å². The molecule has 0 aliphatic carbocycles. The Morgan fingerprint density at radius 3 is 2.42 bits per heavy atom. The van der Waals surface area contributed by atoms with E-state index < -0.39 is 10.0 Å². The number of anilines is 1. The number of para-hydroxylation sites is 1. The van der Waals surface area contributed by atoms with Crippen molar-refractivity contribution in [3.05, 3.63) is 71.2 Å². The molecule has 0 bridgehead atoms. The first-order valence-electron chi connectivity index (χ1n) is 12.0. The fourth-order valence-corrected chi connectivity index (χ4v) is 6.07. The minimum atomic E-state index is -3.68. The highest BCUT2D eigenvalue weighted by Crippen LogP contribution is 2.32. The predicted molar refractivity (Wildman–Crippen MR) is 135 cm³/mol. The summed E-state index contributed by atoms with van der Waals surface area (Å²) in [6.45, 7) is 3.19. The van der Waals surface area contributed by atoms with Gasteiger partial charge in [-0.25, -0.2) is 18.4 Å². The molecule has 0 unspecified atom stereocenters. The Morgan fingerprint density at radius 2 is 1.69 bits per heavy atom. The zero-order valence-electron chi connectivity index (χ0n) is 20.5. The van der Waals surface area contributed by atoms with Crippen LogP contribution in [-0.2, 0) is 34.1 Å². The van der Waals surface area contributed by atoms with Gasteiger partial charge in [-0.05, 0) is 30.3 Å². The number of morpholine rings is 1. The average Bonchev–Trinajstić information content (AvgIpc) is 2.93. The lowest BCUT2D eigenvalue weighted by Crippen LogP contribution is -2.41. The number of nitrogens with zero attached hydrogens (tertiary/aromatic N) is 4. The Labute approximate surface area is 211 Å². The van der Waals surface area contributed by atoms with Crippen molar-refractivity contribution < 1.29 is 22.6 Å². The van der Waals surface area contributed by atoms with Gasteiger partial charge in [0.25, 0.3) is 0 Å². The van der Waals surface area contributed by atoms with Crippen LogP contribution in [0.15, 0.2) is 53.4 Å². The monoisotopic (exact) mass is 510 g/mol. The molecule has 0 radical (unpaired) electrons. The third-order valence-electron chi connectivity index (χ3n) is 6.60. The quantitative estimate of drug-likeness (QED) is 0.479. The number of aromatic nitrogens is 2. The van der Waals surface area contributed by atoms with E-state index in [1.165, 1.54) is 4.31 Å². The van der Waals surface area contributed by atoms with Crippen LogP contribution < -0.4 is 14.4 Å². The van der Waals surface area contributed by atoms with Crippen LogP contribution in [0, 0.1) is 0 Å². The third kappa shape index (κ3) is 4.88. The summed E-state index contributed by atoms with van der Waals surface area (Å²) in [7, 11) is -0.470. The predicted octanol–water partition coefficient (Wildman–Crippen LogP) is 2.67. The van der Waals surface area contributed by atoms with Crippen LogP contribution in [-0.4, -0.2) is 69.8 Å². The Balaban J connectivity index is 1.49. The lowest BCUT2D eigenvalue weighted by Gasteiger charge is -2.34. The fraction of sp³-hybridized carbons (Fsp3) is 0.385. The van der Waals surface area contributed by atoms with Crippen LogP contribution in [0.1, 0.15) is 22.6 Å². The van der Waals surface area contributed by atoms with E-state index >= 15 is 0 Å². The summed E-state index contributed by atoms with van der Waals surface area (Å²) >= 11 is 0. The highest BCUT2D eigenvalue weighted by Gasteiger charge is 2.33. The first kappa shape index (κ1) is 24.5. The first-order chi connectivity index (χ1) is 17.5. The number of fused-ring (bicyclic) bond motifs is 1. The molecule has 1 fully saturated rings.